The minimum Gasteiger partial charge on any atom is -0.459 e. The Bertz CT molecular complexity index is 1830. The van der Waals surface area contributed by atoms with E-state index in [1.807, 2.05) is 36.9 Å². The lowest BCUT2D eigenvalue weighted by molar-refractivity contribution is -0.151. The molecule has 11 heteroatoms. The predicted molar refractivity (Wildman–Crippen MR) is 183 cm³/mol. The molecule has 4 aromatic rings. The SMILES string of the molecule is Cc1ccccc1C(=O)Nc1ccc(C(=O)N2CCCC(OC(=O)CN3CCN(C(=O)c4ccco4)CC3)c3cc(Cl)ccc32)c(C)c1. The van der Waals surface area contributed by atoms with E-state index >= 15 is 0 Å². The van der Waals surface area contributed by atoms with Gasteiger partial charge in [-0.1, -0.05) is 29.8 Å². The number of benzene rings is 3. The third kappa shape index (κ3) is 7.30. The zero-order chi connectivity index (χ0) is 33.8. The molecule has 2 aliphatic rings. The van der Waals surface area contributed by atoms with Crippen molar-refractivity contribution in [1.82, 2.24) is 9.80 Å². The molecule has 3 amide bonds. The molecule has 3 aromatic carbocycles. The Labute approximate surface area is 284 Å². The molecule has 1 aromatic heterocycles. The van der Waals surface area contributed by atoms with Crippen molar-refractivity contribution in [2.75, 3.05) is 49.5 Å². The van der Waals surface area contributed by atoms with Crippen molar-refractivity contribution >= 4 is 46.7 Å². The lowest BCUT2D eigenvalue weighted by Crippen LogP contribution is -2.50. The Morgan fingerprint density at radius 3 is 2.38 bits per heavy atom. The van der Waals surface area contributed by atoms with E-state index in [0.29, 0.717) is 84.4 Å². The molecule has 0 radical (unpaired) electrons. The van der Waals surface area contributed by atoms with Crippen molar-refractivity contribution in [3.8, 4) is 0 Å². The number of halogens is 1. The van der Waals surface area contributed by atoms with Crippen molar-refractivity contribution in [2.24, 2.45) is 0 Å². The zero-order valence-corrected chi connectivity index (χ0v) is 27.7. The fourth-order valence-corrected chi connectivity index (χ4v) is 6.45. The molecule has 10 nitrogen and oxygen atoms in total. The number of nitrogens with zero attached hydrogens (tertiary/aromatic N) is 3. The second kappa shape index (κ2) is 14.5. The van der Waals surface area contributed by atoms with Crippen molar-refractivity contribution in [3.63, 3.8) is 0 Å². The van der Waals surface area contributed by atoms with E-state index in [0.717, 1.165) is 11.1 Å². The molecule has 1 unspecified atom stereocenters. The maximum Gasteiger partial charge on any atom is 0.320 e. The molecule has 2 aliphatic heterocycles. The Morgan fingerprint density at radius 2 is 1.65 bits per heavy atom. The van der Waals surface area contributed by atoms with Crippen LogP contribution in [0.1, 0.15) is 66.9 Å². The first-order valence-electron chi connectivity index (χ1n) is 16.0. The molecule has 0 bridgehead atoms. The molecule has 1 N–H and O–H groups in total. The first-order valence-corrected chi connectivity index (χ1v) is 16.4. The van der Waals surface area contributed by atoms with Gasteiger partial charge in [-0.25, -0.2) is 0 Å². The predicted octanol–water partition coefficient (Wildman–Crippen LogP) is 6.29. The fraction of sp³-hybridized carbons (Fsp3) is 0.297. The summed E-state index contributed by atoms with van der Waals surface area (Å²) in [5.41, 5.74) is 4.60. The first kappa shape index (κ1) is 33.0. The number of anilines is 2. The van der Waals surface area contributed by atoms with Crippen molar-refractivity contribution in [3.05, 3.63) is 118 Å². The highest BCUT2D eigenvalue weighted by atomic mass is 35.5. The molecule has 1 atom stereocenters. The van der Waals surface area contributed by atoms with Gasteiger partial charge in [-0.2, -0.15) is 0 Å². The molecule has 3 heterocycles. The molecular weight excluding hydrogens is 632 g/mol. The van der Waals surface area contributed by atoms with E-state index in [4.69, 9.17) is 20.8 Å². The number of hydrogen-bond acceptors (Lipinski definition) is 7. The minimum absolute atomic E-state index is 0.0871. The van der Waals surface area contributed by atoms with Crippen LogP contribution in [0, 0.1) is 13.8 Å². The quantitative estimate of drug-likeness (QED) is 0.231. The van der Waals surface area contributed by atoms with Crippen LogP contribution in [-0.4, -0.2) is 72.8 Å². The Kier molecular flexibility index (Phi) is 9.93. The van der Waals surface area contributed by atoms with Gasteiger partial charge in [-0.3, -0.25) is 24.1 Å². The maximum atomic E-state index is 14.0. The van der Waals surface area contributed by atoms with E-state index in [9.17, 15) is 19.2 Å². The van der Waals surface area contributed by atoms with Crippen LogP contribution in [-0.2, 0) is 9.53 Å². The molecule has 1 saturated heterocycles. The van der Waals surface area contributed by atoms with Crippen LogP contribution in [0.2, 0.25) is 5.02 Å². The van der Waals surface area contributed by atoms with Crippen LogP contribution in [0.25, 0.3) is 0 Å². The number of carbonyl (C=O) groups excluding carboxylic acids is 4. The third-order valence-corrected chi connectivity index (χ3v) is 9.08. The summed E-state index contributed by atoms with van der Waals surface area (Å²) < 4.78 is 11.3. The number of piperazine rings is 1. The second-order valence-electron chi connectivity index (χ2n) is 12.1. The maximum absolute atomic E-state index is 14.0. The van der Waals surface area contributed by atoms with Gasteiger partial charge in [-0.15, -0.1) is 0 Å². The largest absolute Gasteiger partial charge is 0.459 e. The molecule has 48 heavy (non-hydrogen) atoms. The summed E-state index contributed by atoms with van der Waals surface area (Å²) in [6, 6.07) is 21.2. The van der Waals surface area contributed by atoms with E-state index in [1.165, 1.54) is 6.26 Å². The van der Waals surface area contributed by atoms with Crippen LogP contribution in [0.5, 0.6) is 0 Å². The summed E-state index contributed by atoms with van der Waals surface area (Å²) in [4.78, 5) is 58.1. The Morgan fingerprint density at radius 1 is 0.854 bits per heavy atom. The normalized spacial score (nSPS) is 16.5. The summed E-state index contributed by atoms with van der Waals surface area (Å²) in [6.07, 6.45) is 2.03. The van der Waals surface area contributed by atoms with Crippen LogP contribution in [0.3, 0.4) is 0 Å². The highest BCUT2D eigenvalue weighted by Gasteiger charge is 2.31. The number of nitrogens with one attached hydrogen (secondary N) is 1. The van der Waals surface area contributed by atoms with Gasteiger partial charge < -0.3 is 24.3 Å². The lowest BCUT2D eigenvalue weighted by atomic mass is 10.0. The molecule has 0 spiro atoms. The van der Waals surface area contributed by atoms with Crippen molar-refractivity contribution in [1.29, 1.82) is 0 Å². The highest BCUT2D eigenvalue weighted by molar-refractivity contribution is 6.30. The standard InChI is InChI=1S/C37H37ClN4O6/c1-24-7-3-4-8-28(24)35(44)39-27-12-13-29(25(2)21-27)36(45)42-15-5-9-32(30-22-26(38)11-14-31(30)42)48-34(43)23-40-16-18-41(19-17-40)37(46)33-10-6-20-47-33/h3-4,6-8,10-14,20-22,32H,5,9,15-19,23H2,1-2H3,(H,39,44). The molecule has 248 valence electrons. The van der Waals surface area contributed by atoms with Gasteiger partial charge in [0.2, 0.25) is 0 Å². The van der Waals surface area contributed by atoms with Gasteiger partial charge in [0, 0.05) is 60.1 Å². The number of furan rings is 1. The van der Waals surface area contributed by atoms with Gasteiger partial charge in [-0.05, 0) is 92.4 Å². The van der Waals surface area contributed by atoms with Gasteiger partial charge in [0.25, 0.3) is 17.7 Å². The monoisotopic (exact) mass is 668 g/mol. The summed E-state index contributed by atoms with van der Waals surface area (Å²) >= 11 is 6.42. The van der Waals surface area contributed by atoms with Crippen LogP contribution in [0.15, 0.2) is 83.5 Å². The first-order chi connectivity index (χ1) is 23.2. The molecule has 1 fully saturated rings. The van der Waals surface area contributed by atoms with Crippen molar-refractivity contribution in [2.45, 2.75) is 32.8 Å². The van der Waals surface area contributed by atoms with E-state index < -0.39 is 6.10 Å². The van der Waals surface area contributed by atoms with E-state index in [1.54, 1.807) is 64.4 Å². The molecule has 6 rings (SSSR count). The van der Waals surface area contributed by atoms with Gasteiger partial charge in [0.15, 0.2) is 5.76 Å². The number of rotatable bonds is 7. The third-order valence-electron chi connectivity index (χ3n) is 8.84. The Balaban J connectivity index is 1.12. The van der Waals surface area contributed by atoms with Crippen LogP contribution < -0.4 is 10.2 Å². The number of esters is 1. The zero-order valence-electron chi connectivity index (χ0n) is 26.9. The van der Waals surface area contributed by atoms with E-state index in [2.05, 4.69) is 5.32 Å². The van der Waals surface area contributed by atoms with Crippen LogP contribution in [0.4, 0.5) is 11.4 Å². The number of amides is 3. The number of fused-ring (bicyclic) bond motifs is 1. The summed E-state index contributed by atoms with van der Waals surface area (Å²) in [6.45, 7) is 6.26. The minimum atomic E-state index is -0.578. The molecule has 0 aliphatic carbocycles. The van der Waals surface area contributed by atoms with E-state index in [-0.39, 0.29) is 30.2 Å². The summed E-state index contributed by atoms with van der Waals surface area (Å²) in [7, 11) is 0. The lowest BCUT2D eigenvalue weighted by Gasteiger charge is -2.34. The van der Waals surface area contributed by atoms with Gasteiger partial charge in [0.1, 0.15) is 6.10 Å². The second-order valence-corrected chi connectivity index (χ2v) is 12.6. The number of hydrogen-bond donors (Lipinski definition) is 1. The Hall–Kier alpha value is -4.93. The smallest absolute Gasteiger partial charge is 0.320 e. The summed E-state index contributed by atoms with van der Waals surface area (Å²) in [5, 5.41) is 3.41. The summed E-state index contributed by atoms with van der Waals surface area (Å²) in [5.74, 6) is -0.648. The van der Waals surface area contributed by atoms with Crippen LogP contribution >= 0.6 is 11.6 Å². The fourth-order valence-electron chi connectivity index (χ4n) is 6.27. The average molecular weight is 669 g/mol. The van der Waals surface area contributed by atoms with Gasteiger partial charge in [0.05, 0.1) is 18.5 Å². The number of aryl methyl sites for hydroxylation is 2. The highest BCUT2D eigenvalue weighted by Crippen LogP contribution is 2.38. The average Bonchev–Trinajstić information content (AvgIpc) is 3.56. The topological polar surface area (TPSA) is 112 Å². The molecular formula is C37H37ClN4O6. The number of ether oxygens (including phenoxy) is 1. The number of carbonyl (C=O) groups is 4. The molecule has 0 saturated carbocycles. The van der Waals surface area contributed by atoms with Gasteiger partial charge >= 0.3 is 5.97 Å². The van der Waals surface area contributed by atoms with Crippen molar-refractivity contribution < 1.29 is 28.3 Å².